The van der Waals surface area contributed by atoms with Crippen molar-refractivity contribution >= 4 is 11.6 Å². The summed E-state index contributed by atoms with van der Waals surface area (Å²) in [7, 11) is 0. The summed E-state index contributed by atoms with van der Waals surface area (Å²) in [5, 5.41) is 4.67. The van der Waals surface area contributed by atoms with Crippen molar-refractivity contribution in [3.63, 3.8) is 0 Å². The van der Waals surface area contributed by atoms with Crippen LogP contribution in [-0.4, -0.2) is 70.4 Å². The fraction of sp³-hybridized carbons (Fsp3) is 0.700. The van der Waals surface area contributed by atoms with Gasteiger partial charge < -0.3 is 14.5 Å². The Morgan fingerprint density at radius 2 is 2.00 bits per heavy atom. The molecule has 8 heteroatoms. The Bertz CT molecular complexity index is 811. The molecule has 2 bridgehead atoms. The number of allylic oxidation sites excluding steroid dienone is 2. The fourth-order valence-corrected chi connectivity index (χ4v) is 4.92. The smallest absolute Gasteiger partial charge is 0.345 e. The first kappa shape index (κ1) is 18.2. The number of fused-ring (bicyclic) bond motifs is 5. The molecule has 0 aromatic carbocycles. The van der Waals surface area contributed by atoms with Gasteiger partial charge in [0.15, 0.2) is 0 Å². The molecule has 1 aromatic rings. The Balaban J connectivity index is 1.49. The van der Waals surface area contributed by atoms with Crippen molar-refractivity contribution in [1.82, 2.24) is 19.6 Å². The Hall–Kier alpha value is -1.80. The van der Waals surface area contributed by atoms with Crippen molar-refractivity contribution in [2.24, 2.45) is 0 Å². The lowest BCUT2D eigenvalue weighted by molar-refractivity contribution is -0.00607. The zero-order chi connectivity index (χ0) is 19.3. The number of alkyl halides is 2. The topological polar surface area (TPSA) is 50.6 Å². The second kappa shape index (κ2) is 6.91. The van der Waals surface area contributed by atoms with E-state index in [4.69, 9.17) is 4.74 Å². The molecule has 1 aliphatic carbocycles. The molecule has 0 N–H and O–H groups in total. The molecule has 1 amide bonds. The van der Waals surface area contributed by atoms with Crippen LogP contribution in [0.2, 0.25) is 0 Å². The summed E-state index contributed by atoms with van der Waals surface area (Å²) in [5.41, 5.74) is 3.37. The van der Waals surface area contributed by atoms with Crippen molar-refractivity contribution in [1.29, 1.82) is 0 Å². The molecule has 3 saturated heterocycles. The number of nitrogens with zero attached hydrogens (tertiary/aromatic N) is 4. The summed E-state index contributed by atoms with van der Waals surface area (Å²) in [6, 6.07) is 0.162. The van der Waals surface area contributed by atoms with Crippen molar-refractivity contribution in [3.05, 3.63) is 23.0 Å². The average molecular weight is 392 g/mol. The number of aromatic nitrogens is 2. The van der Waals surface area contributed by atoms with E-state index < -0.39 is 5.92 Å². The normalized spacial score (nSPS) is 29.2. The lowest BCUT2D eigenvalue weighted by Gasteiger charge is -2.31. The van der Waals surface area contributed by atoms with Gasteiger partial charge in [-0.3, -0.25) is 0 Å². The highest BCUT2D eigenvalue weighted by molar-refractivity contribution is 5.79. The maximum Gasteiger partial charge on any atom is 0.345 e. The second-order valence-electron chi connectivity index (χ2n) is 8.33. The minimum Gasteiger partial charge on any atom is -0.375 e. The SMILES string of the molecule is O=C(N1CCN2CCC1CC2)n1nc(C2=CCC(F)(F)CC2)c2c1COCC2. The molecule has 152 valence electrons. The van der Waals surface area contributed by atoms with E-state index in [1.165, 1.54) is 4.68 Å². The van der Waals surface area contributed by atoms with Gasteiger partial charge >= 0.3 is 6.03 Å². The number of carbonyl (C=O) groups excluding carboxylic acids is 1. The number of carbonyl (C=O) groups is 1. The van der Waals surface area contributed by atoms with Gasteiger partial charge in [-0.2, -0.15) is 9.78 Å². The first-order chi connectivity index (χ1) is 13.5. The highest BCUT2D eigenvalue weighted by Gasteiger charge is 2.37. The first-order valence-electron chi connectivity index (χ1n) is 10.3. The van der Waals surface area contributed by atoms with Gasteiger partial charge in [0.2, 0.25) is 0 Å². The number of rotatable bonds is 1. The zero-order valence-electron chi connectivity index (χ0n) is 16.0. The molecule has 5 heterocycles. The molecule has 0 radical (unpaired) electrons. The highest BCUT2D eigenvalue weighted by Crippen LogP contribution is 2.38. The van der Waals surface area contributed by atoms with Crippen molar-refractivity contribution in [2.75, 3.05) is 32.8 Å². The van der Waals surface area contributed by atoms with Crippen LogP contribution in [0.15, 0.2) is 6.08 Å². The quantitative estimate of drug-likeness (QED) is 0.738. The second-order valence-corrected chi connectivity index (χ2v) is 8.33. The van der Waals surface area contributed by atoms with Gasteiger partial charge in [-0.1, -0.05) is 6.08 Å². The molecule has 0 spiro atoms. The number of amides is 1. The Morgan fingerprint density at radius 1 is 1.18 bits per heavy atom. The van der Waals surface area contributed by atoms with Crippen LogP contribution in [0.1, 0.15) is 49.1 Å². The van der Waals surface area contributed by atoms with Crippen LogP contribution in [0.3, 0.4) is 0 Å². The number of ether oxygens (including phenoxy) is 1. The molecular weight excluding hydrogens is 366 g/mol. The summed E-state index contributed by atoms with van der Waals surface area (Å²) in [6.45, 7) is 4.62. The molecule has 0 atom stereocenters. The van der Waals surface area contributed by atoms with E-state index in [-0.39, 0.29) is 24.9 Å². The Morgan fingerprint density at radius 3 is 2.75 bits per heavy atom. The third-order valence-corrected chi connectivity index (χ3v) is 6.62. The van der Waals surface area contributed by atoms with Gasteiger partial charge in [-0.25, -0.2) is 13.6 Å². The average Bonchev–Trinajstić information content (AvgIpc) is 2.83. The van der Waals surface area contributed by atoms with Gasteiger partial charge in [0, 0.05) is 50.6 Å². The Kier molecular flexibility index (Phi) is 4.50. The summed E-state index contributed by atoms with van der Waals surface area (Å²) in [4.78, 5) is 17.8. The van der Waals surface area contributed by atoms with E-state index in [1.54, 1.807) is 6.08 Å². The molecule has 0 unspecified atom stereocenters. The van der Waals surface area contributed by atoms with E-state index in [9.17, 15) is 13.6 Å². The summed E-state index contributed by atoms with van der Waals surface area (Å²) in [6.07, 6.45) is 4.16. The third kappa shape index (κ3) is 3.16. The van der Waals surface area contributed by atoms with Gasteiger partial charge in [0.05, 0.1) is 24.6 Å². The predicted molar refractivity (Wildman–Crippen MR) is 99.3 cm³/mol. The lowest BCUT2D eigenvalue weighted by atomic mass is 9.91. The molecule has 0 saturated carbocycles. The van der Waals surface area contributed by atoms with E-state index in [2.05, 4.69) is 10.00 Å². The highest BCUT2D eigenvalue weighted by atomic mass is 19.3. The first-order valence-corrected chi connectivity index (χ1v) is 10.3. The molecule has 3 fully saturated rings. The number of halogens is 2. The number of hydrogen-bond acceptors (Lipinski definition) is 4. The maximum absolute atomic E-state index is 13.6. The molecule has 4 aliphatic heterocycles. The van der Waals surface area contributed by atoms with Crippen molar-refractivity contribution < 1.29 is 18.3 Å². The van der Waals surface area contributed by atoms with E-state index >= 15 is 0 Å². The minimum absolute atomic E-state index is 0.0940. The van der Waals surface area contributed by atoms with Crippen LogP contribution in [0.4, 0.5) is 13.6 Å². The van der Waals surface area contributed by atoms with Gasteiger partial charge in [-0.05, 0) is 31.3 Å². The van der Waals surface area contributed by atoms with Gasteiger partial charge in [0.1, 0.15) is 0 Å². The lowest BCUT2D eigenvalue weighted by Crippen LogP contribution is -2.44. The van der Waals surface area contributed by atoms with Gasteiger partial charge in [-0.15, -0.1) is 0 Å². The van der Waals surface area contributed by atoms with Crippen molar-refractivity contribution in [2.45, 2.75) is 57.1 Å². The van der Waals surface area contributed by atoms with Crippen LogP contribution in [0.5, 0.6) is 0 Å². The van der Waals surface area contributed by atoms with Crippen LogP contribution in [-0.2, 0) is 17.8 Å². The molecular formula is C20H26F2N4O2. The van der Waals surface area contributed by atoms with Crippen molar-refractivity contribution in [3.8, 4) is 0 Å². The van der Waals surface area contributed by atoms with Crippen LogP contribution < -0.4 is 0 Å². The molecule has 6 rings (SSSR count). The summed E-state index contributed by atoms with van der Waals surface area (Å²) >= 11 is 0. The summed E-state index contributed by atoms with van der Waals surface area (Å²) in [5.74, 6) is -2.63. The van der Waals surface area contributed by atoms with E-state index in [0.29, 0.717) is 32.6 Å². The maximum atomic E-state index is 13.6. The standard InChI is InChI=1S/C20H26F2N4O2/c21-20(22)6-1-14(2-7-20)18-16-5-12-28-13-17(16)26(23-18)19(27)25-11-10-24-8-3-15(25)4-9-24/h1,15H,2-13H2. The van der Waals surface area contributed by atoms with Crippen LogP contribution >= 0.6 is 0 Å². The van der Waals surface area contributed by atoms with Crippen LogP contribution in [0, 0.1) is 0 Å². The van der Waals surface area contributed by atoms with E-state index in [1.807, 2.05) is 4.90 Å². The molecule has 28 heavy (non-hydrogen) atoms. The molecule has 1 aromatic heterocycles. The number of hydrogen-bond donors (Lipinski definition) is 0. The Labute approximate surface area is 163 Å². The predicted octanol–water partition coefficient (Wildman–Crippen LogP) is 2.91. The monoisotopic (exact) mass is 392 g/mol. The summed E-state index contributed by atoms with van der Waals surface area (Å²) < 4.78 is 34.3. The number of piperidine rings is 1. The van der Waals surface area contributed by atoms with Crippen LogP contribution in [0.25, 0.3) is 5.57 Å². The zero-order valence-corrected chi connectivity index (χ0v) is 16.0. The van der Waals surface area contributed by atoms with Gasteiger partial charge in [0.25, 0.3) is 5.92 Å². The third-order valence-electron chi connectivity index (χ3n) is 6.62. The fourth-order valence-electron chi connectivity index (χ4n) is 4.92. The van der Waals surface area contributed by atoms with E-state index in [0.717, 1.165) is 55.0 Å². The molecule has 6 nitrogen and oxygen atoms in total. The largest absolute Gasteiger partial charge is 0.375 e. The minimum atomic E-state index is -2.63. The molecule has 5 aliphatic rings.